The molecule has 0 amide bonds. The summed E-state index contributed by atoms with van der Waals surface area (Å²) in [5.41, 5.74) is 2.29. The van der Waals surface area contributed by atoms with E-state index in [1.807, 2.05) is 25.1 Å². The summed E-state index contributed by atoms with van der Waals surface area (Å²) in [6.07, 6.45) is -2.54. The molecule has 0 spiro atoms. The average Bonchev–Trinajstić information content (AvgIpc) is 2.37. The van der Waals surface area contributed by atoms with Gasteiger partial charge in [0, 0.05) is 6.54 Å². The van der Waals surface area contributed by atoms with E-state index in [1.165, 1.54) is 0 Å². The lowest BCUT2D eigenvalue weighted by Crippen LogP contribution is -2.30. The fraction of sp³-hybridized carbons (Fsp3) is 0.625. The molecule has 0 radical (unpaired) electrons. The van der Waals surface area contributed by atoms with E-state index in [1.54, 1.807) is 0 Å². The predicted octanol–water partition coefficient (Wildman–Crippen LogP) is 3.73. The third-order valence-corrected chi connectivity index (χ3v) is 3.09. The van der Waals surface area contributed by atoms with Crippen LogP contribution >= 0.6 is 0 Å². The maximum atomic E-state index is 12.2. The van der Waals surface area contributed by atoms with Crippen molar-refractivity contribution in [1.82, 2.24) is 5.32 Å². The zero-order valence-electron chi connectivity index (χ0n) is 12.7. The smallest absolute Gasteiger partial charge is 0.372 e. The highest BCUT2D eigenvalue weighted by molar-refractivity contribution is 5.22. The molecule has 0 aliphatic rings. The van der Waals surface area contributed by atoms with Crippen molar-refractivity contribution in [3.63, 3.8) is 0 Å². The van der Waals surface area contributed by atoms with Gasteiger partial charge in [-0.05, 0) is 37.8 Å². The van der Waals surface area contributed by atoms with E-state index < -0.39 is 12.8 Å². The van der Waals surface area contributed by atoms with Gasteiger partial charge < -0.3 is 10.1 Å². The molecule has 0 aliphatic carbocycles. The Morgan fingerprint density at radius 1 is 1.29 bits per heavy atom. The Balaban J connectivity index is 2.50. The molecule has 21 heavy (non-hydrogen) atoms. The summed E-state index contributed by atoms with van der Waals surface area (Å²) >= 11 is 0. The van der Waals surface area contributed by atoms with Crippen molar-refractivity contribution in [2.24, 2.45) is 5.92 Å². The van der Waals surface area contributed by atoms with Crippen LogP contribution in [-0.2, 0) is 11.2 Å². The maximum Gasteiger partial charge on any atom is 0.411 e. The molecule has 0 saturated carbocycles. The zero-order valence-corrected chi connectivity index (χ0v) is 12.7. The third kappa shape index (κ3) is 8.73. The highest BCUT2D eigenvalue weighted by Gasteiger charge is 2.27. The molecule has 0 aliphatic heterocycles. The Morgan fingerprint density at radius 3 is 2.67 bits per heavy atom. The quantitative estimate of drug-likeness (QED) is 0.702. The minimum Gasteiger partial charge on any atom is -0.372 e. The van der Waals surface area contributed by atoms with Gasteiger partial charge in [-0.2, -0.15) is 13.2 Å². The fourth-order valence-corrected chi connectivity index (χ4v) is 2.19. The molecule has 0 saturated heterocycles. The molecule has 120 valence electrons. The molecule has 1 N–H and O–H groups in total. The number of rotatable bonds is 9. The van der Waals surface area contributed by atoms with Crippen LogP contribution < -0.4 is 5.32 Å². The highest BCUT2D eigenvalue weighted by atomic mass is 19.4. The van der Waals surface area contributed by atoms with Crippen LogP contribution in [-0.4, -0.2) is 32.5 Å². The lowest BCUT2D eigenvalue weighted by molar-refractivity contribution is -0.176. The van der Waals surface area contributed by atoms with Gasteiger partial charge in [-0.1, -0.05) is 36.8 Å². The molecule has 1 atom stereocenters. The summed E-state index contributed by atoms with van der Waals surface area (Å²) in [7, 11) is 0. The average molecular weight is 303 g/mol. The maximum absolute atomic E-state index is 12.2. The summed E-state index contributed by atoms with van der Waals surface area (Å²) in [4.78, 5) is 0. The van der Waals surface area contributed by atoms with Crippen LogP contribution in [0.5, 0.6) is 0 Å². The lowest BCUT2D eigenvalue weighted by Gasteiger charge is -2.19. The Hall–Kier alpha value is -1.07. The molecule has 5 heteroatoms. The zero-order chi connectivity index (χ0) is 15.7. The van der Waals surface area contributed by atoms with Gasteiger partial charge in [0.25, 0.3) is 0 Å². The molecule has 0 fully saturated rings. The first-order chi connectivity index (χ1) is 9.90. The van der Waals surface area contributed by atoms with Gasteiger partial charge in [0.15, 0.2) is 0 Å². The topological polar surface area (TPSA) is 21.3 Å². The second-order valence-corrected chi connectivity index (χ2v) is 5.39. The Bertz CT molecular complexity index is 407. The van der Waals surface area contributed by atoms with E-state index in [2.05, 4.69) is 18.3 Å². The van der Waals surface area contributed by atoms with E-state index in [0.29, 0.717) is 6.54 Å². The molecule has 1 aromatic carbocycles. The van der Waals surface area contributed by atoms with Gasteiger partial charge in [-0.25, -0.2) is 0 Å². The SMILES string of the molecule is CCCNCC(COCC(F)(F)F)Cc1cccc(C)c1. The monoisotopic (exact) mass is 303 g/mol. The van der Waals surface area contributed by atoms with Gasteiger partial charge in [0.1, 0.15) is 6.61 Å². The van der Waals surface area contributed by atoms with Gasteiger partial charge in [-0.3, -0.25) is 0 Å². The van der Waals surface area contributed by atoms with Crippen LogP contribution in [0.4, 0.5) is 13.2 Å². The van der Waals surface area contributed by atoms with Crippen molar-refractivity contribution < 1.29 is 17.9 Å². The molecular formula is C16H24F3NO. The lowest BCUT2D eigenvalue weighted by atomic mass is 9.98. The van der Waals surface area contributed by atoms with Crippen LogP contribution in [0.15, 0.2) is 24.3 Å². The summed E-state index contributed by atoms with van der Waals surface area (Å²) in [5.74, 6) is 0.0423. The summed E-state index contributed by atoms with van der Waals surface area (Å²) in [6.45, 7) is 4.54. The first-order valence-corrected chi connectivity index (χ1v) is 7.31. The van der Waals surface area contributed by atoms with Crippen molar-refractivity contribution in [2.45, 2.75) is 32.9 Å². The number of hydrogen-bond donors (Lipinski definition) is 1. The number of halogens is 3. The van der Waals surface area contributed by atoms with Crippen LogP contribution in [0.25, 0.3) is 0 Å². The Kier molecular flexibility index (Phi) is 7.75. The second kappa shape index (κ2) is 9.05. The number of nitrogens with one attached hydrogen (secondary N) is 1. The van der Waals surface area contributed by atoms with Crippen LogP contribution in [0.3, 0.4) is 0 Å². The standard InChI is InChI=1S/C16H24F3NO/c1-3-7-20-10-15(11-21-12-16(17,18)19)9-14-6-4-5-13(2)8-14/h4-6,8,15,20H,3,7,9-12H2,1-2H3. The number of benzene rings is 1. The largest absolute Gasteiger partial charge is 0.411 e. The van der Waals surface area contributed by atoms with E-state index in [4.69, 9.17) is 4.74 Å². The second-order valence-electron chi connectivity index (χ2n) is 5.39. The minimum absolute atomic E-state index is 0.0423. The first-order valence-electron chi connectivity index (χ1n) is 7.31. The molecule has 0 aromatic heterocycles. The Labute approximate surface area is 124 Å². The van der Waals surface area contributed by atoms with E-state index >= 15 is 0 Å². The number of aryl methyl sites for hydroxylation is 1. The van der Waals surface area contributed by atoms with Crippen molar-refractivity contribution in [2.75, 3.05) is 26.3 Å². The number of ether oxygens (including phenoxy) is 1. The van der Waals surface area contributed by atoms with Crippen LogP contribution in [0.1, 0.15) is 24.5 Å². The van der Waals surface area contributed by atoms with Gasteiger partial charge in [0.05, 0.1) is 6.61 Å². The van der Waals surface area contributed by atoms with Crippen molar-refractivity contribution in [3.8, 4) is 0 Å². The van der Waals surface area contributed by atoms with E-state index in [0.717, 1.165) is 30.5 Å². The molecule has 2 nitrogen and oxygen atoms in total. The highest BCUT2D eigenvalue weighted by Crippen LogP contribution is 2.16. The van der Waals surface area contributed by atoms with Gasteiger partial charge in [0.2, 0.25) is 0 Å². The van der Waals surface area contributed by atoms with Crippen molar-refractivity contribution >= 4 is 0 Å². The van der Waals surface area contributed by atoms with E-state index in [-0.39, 0.29) is 12.5 Å². The third-order valence-electron chi connectivity index (χ3n) is 3.09. The number of alkyl halides is 3. The van der Waals surface area contributed by atoms with Crippen molar-refractivity contribution in [3.05, 3.63) is 35.4 Å². The molecule has 1 unspecified atom stereocenters. The summed E-state index contributed by atoms with van der Waals surface area (Å²) < 4.78 is 41.3. The van der Waals surface area contributed by atoms with Crippen LogP contribution in [0, 0.1) is 12.8 Å². The van der Waals surface area contributed by atoms with Crippen LogP contribution in [0.2, 0.25) is 0 Å². The minimum atomic E-state index is -4.26. The Morgan fingerprint density at radius 2 is 2.05 bits per heavy atom. The normalized spacial score (nSPS) is 13.4. The van der Waals surface area contributed by atoms with Gasteiger partial charge in [-0.15, -0.1) is 0 Å². The van der Waals surface area contributed by atoms with Crippen molar-refractivity contribution in [1.29, 1.82) is 0 Å². The first kappa shape index (κ1) is 18.0. The van der Waals surface area contributed by atoms with Gasteiger partial charge >= 0.3 is 6.18 Å². The molecular weight excluding hydrogens is 279 g/mol. The predicted molar refractivity (Wildman–Crippen MR) is 78.4 cm³/mol. The molecule has 1 rings (SSSR count). The van der Waals surface area contributed by atoms with E-state index in [9.17, 15) is 13.2 Å². The molecule has 0 heterocycles. The summed E-state index contributed by atoms with van der Waals surface area (Å²) in [5, 5.41) is 3.26. The summed E-state index contributed by atoms with van der Waals surface area (Å²) in [6, 6.07) is 8.05. The fourth-order valence-electron chi connectivity index (χ4n) is 2.19. The molecule has 0 bridgehead atoms. The molecule has 1 aromatic rings. The number of hydrogen-bond acceptors (Lipinski definition) is 2.